The van der Waals surface area contributed by atoms with Crippen molar-refractivity contribution in [3.63, 3.8) is 0 Å². The van der Waals surface area contributed by atoms with E-state index in [2.05, 4.69) is 10.2 Å². The van der Waals surface area contributed by atoms with Crippen LogP contribution in [0.2, 0.25) is 0 Å². The maximum absolute atomic E-state index is 12.0. The quantitative estimate of drug-likeness (QED) is 0.647. The molecule has 5 nitrogen and oxygen atoms in total. The number of hydrogen-bond acceptors (Lipinski definition) is 5. The molecule has 0 saturated heterocycles. The molecule has 0 aromatic carbocycles. The summed E-state index contributed by atoms with van der Waals surface area (Å²) >= 11 is 0. The van der Waals surface area contributed by atoms with Gasteiger partial charge in [-0.2, -0.15) is 0 Å². The number of carbonyl (C=O) groups excluding carboxylic acids is 1. The first-order valence-electron chi connectivity index (χ1n) is 6.72. The number of rotatable bonds is 8. The molecule has 0 aliphatic heterocycles. The molecule has 0 spiro atoms. The van der Waals surface area contributed by atoms with Gasteiger partial charge in [0.1, 0.15) is 5.54 Å². The average Bonchev–Trinajstić information content (AvgIpc) is 2.25. The zero-order valence-electron chi connectivity index (χ0n) is 12.0. The molecule has 1 aliphatic carbocycles. The molecule has 0 radical (unpaired) electrons. The predicted molar refractivity (Wildman–Crippen MR) is 70.6 cm³/mol. The van der Waals surface area contributed by atoms with Gasteiger partial charge in [-0.1, -0.05) is 0 Å². The van der Waals surface area contributed by atoms with Crippen molar-refractivity contribution >= 4 is 5.97 Å². The summed E-state index contributed by atoms with van der Waals surface area (Å²) in [6.45, 7) is 6.62. The molecule has 18 heavy (non-hydrogen) atoms. The molecule has 1 rings (SSSR count). The summed E-state index contributed by atoms with van der Waals surface area (Å²) in [5, 5.41) is 3.34. The van der Waals surface area contributed by atoms with Gasteiger partial charge in [-0.05, 0) is 27.9 Å². The van der Waals surface area contributed by atoms with Gasteiger partial charge in [0, 0.05) is 32.5 Å². The van der Waals surface area contributed by atoms with Gasteiger partial charge in [0.2, 0.25) is 0 Å². The summed E-state index contributed by atoms with van der Waals surface area (Å²) < 4.78 is 10.7. The minimum absolute atomic E-state index is 0.139. The second-order valence-electron chi connectivity index (χ2n) is 5.02. The van der Waals surface area contributed by atoms with Crippen LogP contribution in [0.3, 0.4) is 0 Å². The van der Waals surface area contributed by atoms with Crippen molar-refractivity contribution in [1.29, 1.82) is 0 Å². The van der Waals surface area contributed by atoms with Gasteiger partial charge in [0.05, 0.1) is 12.7 Å². The summed E-state index contributed by atoms with van der Waals surface area (Å²) in [6.07, 6.45) is 1.62. The lowest BCUT2D eigenvalue weighted by molar-refractivity contribution is -0.164. The Morgan fingerprint density at radius 3 is 2.50 bits per heavy atom. The average molecular weight is 258 g/mol. The number of ether oxygens (including phenoxy) is 2. The van der Waals surface area contributed by atoms with Gasteiger partial charge in [0.15, 0.2) is 0 Å². The van der Waals surface area contributed by atoms with Crippen LogP contribution in [0.5, 0.6) is 0 Å². The van der Waals surface area contributed by atoms with Crippen LogP contribution in [-0.2, 0) is 14.3 Å². The number of nitrogens with one attached hydrogen (secondary N) is 1. The molecular weight excluding hydrogens is 232 g/mol. The van der Waals surface area contributed by atoms with Gasteiger partial charge in [-0.25, -0.2) is 0 Å². The number of nitrogens with zero attached hydrogens (tertiary/aromatic N) is 1. The van der Waals surface area contributed by atoms with Crippen molar-refractivity contribution in [2.45, 2.75) is 38.3 Å². The monoisotopic (exact) mass is 258 g/mol. The molecule has 1 saturated carbocycles. The predicted octanol–water partition coefficient (Wildman–Crippen LogP) is 0.638. The Hall–Kier alpha value is -0.650. The molecule has 1 N–H and O–H groups in total. The zero-order valence-corrected chi connectivity index (χ0v) is 12.0. The van der Waals surface area contributed by atoms with E-state index in [1.54, 1.807) is 0 Å². The number of likely N-dealkylation sites (N-methyl/N-ethyl adjacent to an activating group) is 1. The molecule has 106 valence electrons. The fraction of sp³-hybridized carbons (Fsp3) is 0.923. The van der Waals surface area contributed by atoms with Gasteiger partial charge >= 0.3 is 5.97 Å². The lowest BCUT2D eigenvalue weighted by Crippen LogP contribution is -2.64. The molecule has 0 aromatic heterocycles. The third-order valence-electron chi connectivity index (χ3n) is 3.24. The Kier molecular flexibility index (Phi) is 6.05. The van der Waals surface area contributed by atoms with E-state index < -0.39 is 5.54 Å². The Labute approximate surface area is 110 Å². The summed E-state index contributed by atoms with van der Waals surface area (Å²) in [6, 6.07) is 0. The second kappa shape index (κ2) is 7.07. The molecule has 1 fully saturated rings. The summed E-state index contributed by atoms with van der Waals surface area (Å²) in [7, 11) is 4.03. The molecule has 0 atom stereocenters. The fourth-order valence-electron chi connectivity index (χ4n) is 2.24. The van der Waals surface area contributed by atoms with Crippen molar-refractivity contribution < 1.29 is 14.3 Å². The Morgan fingerprint density at radius 1 is 1.33 bits per heavy atom. The molecular formula is C13H26N2O3. The van der Waals surface area contributed by atoms with Crippen molar-refractivity contribution in [2.75, 3.05) is 40.4 Å². The van der Waals surface area contributed by atoms with Crippen LogP contribution in [0.15, 0.2) is 0 Å². The molecule has 0 heterocycles. The number of carbonyl (C=O) groups is 1. The van der Waals surface area contributed by atoms with E-state index in [-0.39, 0.29) is 12.1 Å². The highest BCUT2D eigenvalue weighted by Gasteiger charge is 2.51. The van der Waals surface area contributed by atoms with E-state index in [0.717, 1.165) is 13.1 Å². The van der Waals surface area contributed by atoms with Gasteiger partial charge < -0.3 is 19.7 Å². The van der Waals surface area contributed by atoms with Gasteiger partial charge in [0.25, 0.3) is 0 Å². The van der Waals surface area contributed by atoms with Crippen LogP contribution in [-0.4, -0.2) is 62.9 Å². The van der Waals surface area contributed by atoms with Gasteiger partial charge in [-0.3, -0.25) is 4.79 Å². The molecule has 1 aliphatic rings. The van der Waals surface area contributed by atoms with Crippen LogP contribution in [0.4, 0.5) is 0 Å². The van der Waals surface area contributed by atoms with Crippen LogP contribution in [0, 0.1) is 0 Å². The maximum Gasteiger partial charge on any atom is 0.326 e. The fourth-order valence-corrected chi connectivity index (χ4v) is 2.24. The van der Waals surface area contributed by atoms with Gasteiger partial charge in [-0.15, -0.1) is 0 Å². The first kappa shape index (κ1) is 15.4. The highest BCUT2D eigenvalue weighted by molar-refractivity contribution is 5.82. The first-order chi connectivity index (χ1) is 8.54. The van der Waals surface area contributed by atoms with Crippen LogP contribution >= 0.6 is 0 Å². The number of esters is 1. The topological polar surface area (TPSA) is 50.8 Å². The van der Waals surface area contributed by atoms with Crippen LogP contribution in [0.1, 0.15) is 26.7 Å². The molecule has 0 amide bonds. The number of hydrogen-bond donors (Lipinski definition) is 1. The minimum Gasteiger partial charge on any atom is -0.465 e. The Morgan fingerprint density at radius 2 is 2.00 bits per heavy atom. The highest BCUT2D eigenvalue weighted by atomic mass is 16.5. The molecule has 5 heteroatoms. The van der Waals surface area contributed by atoms with E-state index in [1.807, 2.05) is 27.9 Å². The van der Waals surface area contributed by atoms with E-state index in [0.29, 0.717) is 26.1 Å². The van der Waals surface area contributed by atoms with Crippen molar-refractivity contribution in [1.82, 2.24) is 10.2 Å². The van der Waals surface area contributed by atoms with E-state index in [9.17, 15) is 4.79 Å². The molecule has 0 unspecified atom stereocenters. The first-order valence-corrected chi connectivity index (χ1v) is 6.72. The maximum atomic E-state index is 12.0. The third kappa shape index (κ3) is 3.93. The molecule has 0 bridgehead atoms. The zero-order chi connectivity index (χ0) is 13.6. The SMILES string of the molecule is CCOC(=O)C1(NCCN(C)C)CC(OCC)C1. The van der Waals surface area contributed by atoms with Crippen molar-refractivity contribution in [3.05, 3.63) is 0 Å². The van der Waals surface area contributed by atoms with Crippen LogP contribution < -0.4 is 5.32 Å². The Bertz CT molecular complexity index is 263. The van der Waals surface area contributed by atoms with Crippen molar-refractivity contribution in [3.8, 4) is 0 Å². The van der Waals surface area contributed by atoms with Crippen molar-refractivity contribution in [2.24, 2.45) is 0 Å². The summed E-state index contributed by atoms with van der Waals surface area (Å²) in [5.41, 5.74) is -0.522. The lowest BCUT2D eigenvalue weighted by atomic mass is 9.74. The highest BCUT2D eigenvalue weighted by Crippen LogP contribution is 2.35. The minimum atomic E-state index is -0.522. The largest absolute Gasteiger partial charge is 0.465 e. The van der Waals surface area contributed by atoms with E-state index in [4.69, 9.17) is 9.47 Å². The normalized spacial score (nSPS) is 27.1. The van der Waals surface area contributed by atoms with E-state index >= 15 is 0 Å². The molecule has 0 aromatic rings. The second-order valence-corrected chi connectivity index (χ2v) is 5.02. The lowest BCUT2D eigenvalue weighted by Gasteiger charge is -2.45. The summed E-state index contributed by atoms with van der Waals surface area (Å²) in [5.74, 6) is -0.139. The van der Waals surface area contributed by atoms with E-state index in [1.165, 1.54) is 0 Å². The van der Waals surface area contributed by atoms with Crippen LogP contribution in [0.25, 0.3) is 0 Å². The smallest absolute Gasteiger partial charge is 0.326 e. The standard InChI is InChI=1S/C13H26N2O3/c1-5-17-11-9-13(10-11,12(16)18-6-2)14-7-8-15(3)4/h11,14H,5-10H2,1-4H3. The third-order valence-corrected chi connectivity index (χ3v) is 3.24. The summed E-state index contributed by atoms with van der Waals surface area (Å²) in [4.78, 5) is 14.1. The Balaban J connectivity index is 2.47.